The molecule has 1 unspecified atom stereocenters. The van der Waals surface area contributed by atoms with Crippen molar-refractivity contribution in [1.82, 2.24) is 5.32 Å². The van der Waals surface area contributed by atoms with E-state index in [4.69, 9.17) is 16.3 Å². The third kappa shape index (κ3) is 4.42. The van der Waals surface area contributed by atoms with Gasteiger partial charge in [-0.2, -0.15) is 0 Å². The zero-order valence-corrected chi connectivity index (χ0v) is 11.0. The zero-order valence-electron chi connectivity index (χ0n) is 10.2. The summed E-state index contributed by atoms with van der Waals surface area (Å²) in [5.74, 6) is 0.912. The van der Waals surface area contributed by atoms with Gasteiger partial charge in [-0.05, 0) is 44.0 Å². The first-order valence-electron chi connectivity index (χ1n) is 5.75. The van der Waals surface area contributed by atoms with Gasteiger partial charge in [0.15, 0.2) is 0 Å². The van der Waals surface area contributed by atoms with E-state index in [9.17, 15) is 0 Å². The van der Waals surface area contributed by atoms with Crippen LogP contribution in [0, 0.1) is 6.92 Å². The van der Waals surface area contributed by atoms with Crippen LogP contribution in [0.25, 0.3) is 0 Å². The van der Waals surface area contributed by atoms with Crippen LogP contribution in [0.3, 0.4) is 0 Å². The van der Waals surface area contributed by atoms with Crippen molar-refractivity contribution in [2.24, 2.45) is 0 Å². The predicted molar refractivity (Wildman–Crippen MR) is 69.4 cm³/mol. The molecule has 0 aliphatic heterocycles. The average molecular weight is 242 g/mol. The Morgan fingerprint density at radius 2 is 2.19 bits per heavy atom. The maximum atomic E-state index is 5.87. The van der Waals surface area contributed by atoms with Crippen molar-refractivity contribution < 1.29 is 4.74 Å². The minimum atomic E-state index is 0.551. The number of ether oxygens (including phenoxy) is 1. The number of aryl methyl sites for hydroxylation is 1. The Bertz CT molecular complexity index is 328. The van der Waals surface area contributed by atoms with Gasteiger partial charge in [-0.25, -0.2) is 0 Å². The quantitative estimate of drug-likeness (QED) is 0.771. The minimum Gasteiger partial charge on any atom is -0.492 e. The van der Waals surface area contributed by atoms with Crippen LogP contribution in [-0.4, -0.2) is 19.2 Å². The molecule has 0 fully saturated rings. The van der Waals surface area contributed by atoms with E-state index < -0.39 is 0 Å². The van der Waals surface area contributed by atoms with Gasteiger partial charge >= 0.3 is 0 Å². The molecule has 0 amide bonds. The number of benzene rings is 1. The van der Waals surface area contributed by atoms with E-state index >= 15 is 0 Å². The number of halogens is 1. The number of hydrogen-bond acceptors (Lipinski definition) is 2. The molecule has 3 heteroatoms. The van der Waals surface area contributed by atoms with Gasteiger partial charge in [0.1, 0.15) is 12.4 Å². The predicted octanol–water partition coefficient (Wildman–Crippen LogP) is 3.42. The van der Waals surface area contributed by atoms with E-state index in [0.29, 0.717) is 12.6 Å². The number of rotatable bonds is 6. The molecule has 0 radical (unpaired) electrons. The minimum absolute atomic E-state index is 0.551. The maximum absolute atomic E-state index is 5.87. The van der Waals surface area contributed by atoms with Gasteiger partial charge in [0.05, 0.1) is 0 Å². The second-order valence-corrected chi connectivity index (χ2v) is 4.46. The zero-order chi connectivity index (χ0) is 12.0. The highest BCUT2D eigenvalue weighted by Crippen LogP contribution is 2.21. The topological polar surface area (TPSA) is 21.3 Å². The molecule has 90 valence electrons. The summed E-state index contributed by atoms with van der Waals surface area (Å²) in [6.07, 6.45) is 1.14. The molecule has 1 rings (SSSR count). The molecule has 2 nitrogen and oxygen atoms in total. The second kappa shape index (κ2) is 6.77. The lowest BCUT2D eigenvalue weighted by Crippen LogP contribution is -2.29. The third-order valence-corrected chi connectivity index (χ3v) is 2.84. The Kier molecular flexibility index (Phi) is 5.64. The lowest BCUT2D eigenvalue weighted by Gasteiger charge is -2.13. The van der Waals surface area contributed by atoms with Crippen molar-refractivity contribution >= 4 is 11.6 Å². The first kappa shape index (κ1) is 13.3. The monoisotopic (exact) mass is 241 g/mol. The molecule has 0 aliphatic rings. The molecular formula is C13H20ClNO. The standard InChI is InChI=1S/C13H20ClNO/c1-4-11(3)15-7-8-16-13-6-5-12(14)9-10(13)2/h5-6,9,11,15H,4,7-8H2,1-3H3. The molecule has 0 heterocycles. The van der Waals surface area contributed by atoms with Crippen LogP contribution in [-0.2, 0) is 0 Å². The van der Waals surface area contributed by atoms with Crippen LogP contribution in [0.2, 0.25) is 5.02 Å². The lowest BCUT2D eigenvalue weighted by molar-refractivity contribution is 0.304. The Morgan fingerprint density at radius 1 is 1.44 bits per heavy atom. The van der Waals surface area contributed by atoms with Crippen LogP contribution in [0.4, 0.5) is 0 Å². The molecule has 0 aromatic heterocycles. The van der Waals surface area contributed by atoms with Crippen molar-refractivity contribution in [3.05, 3.63) is 28.8 Å². The summed E-state index contributed by atoms with van der Waals surface area (Å²) in [4.78, 5) is 0. The highest BCUT2D eigenvalue weighted by Gasteiger charge is 2.01. The summed E-state index contributed by atoms with van der Waals surface area (Å²) >= 11 is 5.87. The number of nitrogens with one attached hydrogen (secondary N) is 1. The summed E-state index contributed by atoms with van der Waals surface area (Å²) in [6.45, 7) is 7.91. The Balaban J connectivity index is 2.32. The van der Waals surface area contributed by atoms with E-state index in [1.54, 1.807) is 0 Å². The third-order valence-electron chi connectivity index (χ3n) is 2.60. The molecule has 0 saturated carbocycles. The van der Waals surface area contributed by atoms with Crippen molar-refractivity contribution in [2.75, 3.05) is 13.2 Å². The van der Waals surface area contributed by atoms with Crippen LogP contribution < -0.4 is 10.1 Å². The van der Waals surface area contributed by atoms with Gasteiger partial charge in [0.2, 0.25) is 0 Å². The summed E-state index contributed by atoms with van der Waals surface area (Å²) in [7, 11) is 0. The summed E-state index contributed by atoms with van der Waals surface area (Å²) < 4.78 is 5.67. The van der Waals surface area contributed by atoms with E-state index in [1.165, 1.54) is 0 Å². The summed E-state index contributed by atoms with van der Waals surface area (Å²) in [5, 5.41) is 4.13. The van der Waals surface area contributed by atoms with Gasteiger partial charge < -0.3 is 10.1 Å². The molecule has 0 saturated heterocycles. The molecule has 0 aliphatic carbocycles. The molecule has 0 bridgehead atoms. The lowest BCUT2D eigenvalue weighted by atomic mass is 10.2. The normalized spacial score (nSPS) is 12.5. The van der Waals surface area contributed by atoms with Gasteiger partial charge in [-0.3, -0.25) is 0 Å². The SMILES string of the molecule is CCC(C)NCCOc1ccc(Cl)cc1C. The molecule has 1 aromatic rings. The van der Waals surface area contributed by atoms with Gasteiger partial charge in [0, 0.05) is 17.6 Å². The highest BCUT2D eigenvalue weighted by molar-refractivity contribution is 6.30. The molecule has 1 N–H and O–H groups in total. The molecule has 1 atom stereocenters. The first-order valence-corrected chi connectivity index (χ1v) is 6.13. The fourth-order valence-electron chi connectivity index (χ4n) is 1.39. The Labute approximate surface area is 103 Å². The van der Waals surface area contributed by atoms with Crippen molar-refractivity contribution in [3.63, 3.8) is 0 Å². The van der Waals surface area contributed by atoms with E-state index in [-0.39, 0.29) is 0 Å². The van der Waals surface area contributed by atoms with Crippen LogP contribution in [0.15, 0.2) is 18.2 Å². The highest BCUT2D eigenvalue weighted by atomic mass is 35.5. The van der Waals surface area contributed by atoms with Gasteiger partial charge in [-0.15, -0.1) is 0 Å². The fraction of sp³-hybridized carbons (Fsp3) is 0.538. The summed E-state index contributed by atoms with van der Waals surface area (Å²) in [6, 6.07) is 6.24. The number of hydrogen-bond donors (Lipinski definition) is 1. The van der Waals surface area contributed by atoms with Gasteiger partial charge in [-0.1, -0.05) is 18.5 Å². The molecule has 0 spiro atoms. The summed E-state index contributed by atoms with van der Waals surface area (Å²) in [5.41, 5.74) is 1.08. The van der Waals surface area contributed by atoms with Crippen LogP contribution in [0.5, 0.6) is 5.75 Å². The smallest absolute Gasteiger partial charge is 0.122 e. The van der Waals surface area contributed by atoms with E-state index in [1.807, 2.05) is 25.1 Å². The average Bonchev–Trinajstić information content (AvgIpc) is 2.26. The molecule has 1 aromatic carbocycles. The van der Waals surface area contributed by atoms with Gasteiger partial charge in [0.25, 0.3) is 0 Å². The van der Waals surface area contributed by atoms with Crippen molar-refractivity contribution in [1.29, 1.82) is 0 Å². The second-order valence-electron chi connectivity index (χ2n) is 4.02. The maximum Gasteiger partial charge on any atom is 0.122 e. The van der Waals surface area contributed by atoms with Crippen molar-refractivity contribution in [3.8, 4) is 5.75 Å². The van der Waals surface area contributed by atoms with Crippen LogP contribution in [0.1, 0.15) is 25.8 Å². The molecular weight excluding hydrogens is 222 g/mol. The Hall–Kier alpha value is -0.730. The first-order chi connectivity index (χ1) is 7.63. The molecule has 16 heavy (non-hydrogen) atoms. The largest absolute Gasteiger partial charge is 0.492 e. The van der Waals surface area contributed by atoms with Crippen LogP contribution >= 0.6 is 11.6 Å². The van der Waals surface area contributed by atoms with Crippen molar-refractivity contribution in [2.45, 2.75) is 33.2 Å². The van der Waals surface area contributed by atoms with E-state index in [0.717, 1.165) is 29.3 Å². The fourth-order valence-corrected chi connectivity index (χ4v) is 1.61. The Morgan fingerprint density at radius 3 is 2.81 bits per heavy atom. The van der Waals surface area contributed by atoms with E-state index in [2.05, 4.69) is 19.2 Å².